The lowest BCUT2D eigenvalue weighted by Gasteiger charge is -2.28. The van der Waals surface area contributed by atoms with Gasteiger partial charge in [-0.3, -0.25) is 9.36 Å². The lowest BCUT2D eigenvalue weighted by atomic mass is 10.1. The molecule has 0 saturated carbocycles. The molecular formula is C24H20ClN7O2. The number of nitrogens with two attached hydrogens (primary N) is 1. The van der Waals surface area contributed by atoms with Crippen LogP contribution in [0, 0.1) is 11.3 Å². The second-order valence-electron chi connectivity index (χ2n) is 7.91. The molecule has 2 atom stereocenters. The Hall–Kier alpha value is -4.00. The number of rotatable bonds is 4. The first-order chi connectivity index (χ1) is 16.5. The number of nitrogens with zero attached hydrogens (tertiary/aromatic N) is 6. The molecule has 0 aliphatic carbocycles. The highest BCUT2D eigenvalue weighted by atomic mass is 35.5. The van der Waals surface area contributed by atoms with Gasteiger partial charge in [0.1, 0.15) is 29.6 Å². The van der Waals surface area contributed by atoms with E-state index >= 15 is 0 Å². The molecule has 4 aromatic rings. The van der Waals surface area contributed by atoms with Gasteiger partial charge in [0.25, 0.3) is 5.56 Å². The Morgan fingerprint density at radius 2 is 1.97 bits per heavy atom. The fourth-order valence-corrected chi connectivity index (χ4v) is 4.67. The SMILES string of the molecule is CO[C@H]1C[C@@H](c2nc3cccc(Cl)c3c(=O)n2-c2ccccc2)N(c2ncnc(N)c2C#N)C1. The van der Waals surface area contributed by atoms with E-state index in [-0.39, 0.29) is 23.0 Å². The monoisotopic (exact) mass is 473 g/mol. The molecule has 1 fully saturated rings. The number of benzene rings is 2. The molecule has 0 bridgehead atoms. The Morgan fingerprint density at radius 1 is 1.18 bits per heavy atom. The minimum Gasteiger partial charge on any atom is -0.382 e. The maximum atomic E-state index is 13.8. The molecule has 2 N–H and O–H groups in total. The van der Waals surface area contributed by atoms with Crippen molar-refractivity contribution in [1.29, 1.82) is 5.26 Å². The average molecular weight is 474 g/mol. The third-order valence-electron chi connectivity index (χ3n) is 6.02. The summed E-state index contributed by atoms with van der Waals surface area (Å²) in [7, 11) is 1.63. The lowest BCUT2D eigenvalue weighted by molar-refractivity contribution is 0.118. The lowest BCUT2D eigenvalue weighted by Crippen LogP contribution is -2.32. The predicted octanol–water partition coefficient (Wildman–Crippen LogP) is 3.25. The summed E-state index contributed by atoms with van der Waals surface area (Å²) in [4.78, 5) is 28.9. The van der Waals surface area contributed by atoms with E-state index in [0.29, 0.717) is 46.2 Å². The van der Waals surface area contributed by atoms with Gasteiger partial charge in [0, 0.05) is 20.1 Å². The zero-order valence-electron chi connectivity index (χ0n) is 18.2. The predicted molar refractivity (Wildman–Crippen MR) is 129 cm³/mol. The summed E-state index contributed by atoms with van der Waals surface area (Å²) >= 11 is 6.41. The van der Waals surface area contributed by atoms with E-state index in [9.17, 15) is 10.1 Å². The third kappa shape index (κ3) is 3.53. The van der Waals surface area contributed by atoms with Crippen molar-refractivity contribution in [3.05, 3.63) is 81.6 Å². The molecule has 34 heavy (non-hydrogen) atoms. The van der Waals surface area contributed by atoms with Crippen molar-refractivity contribution >= 4 is 34.1 Å². The molecular weight excluding hydrogens is 454 g/mol. The molecule has 2 aromatic heterocycles. The molecule has 2 aromatic carbocycles. The molecule has 170 valence electrons. The van der Waals surface area contributed by atoms with Crippen molar-refractivity contribution in [2.24, 2.45) is 0 Å². The maximum Gasteiger partial charge on any atom is 0.267 e. The first kappa shape index (κ1) is 21.8. The molecule has 9 nitrogen and oxygen atoms in total. The number of ether oxygens (including phenoxy) is 1. The number of anilines is 2. The minimum absolute atomic E-state index is 0.0887. The van der Waals surface area contributed by atoms with Crippen molar-refractivity contribution in [1.82, 2.24) is 19.5 Å². The number of para-hydroxylation sites is 1. The highest BCUT2D eigenvalue weighted by Gasteiger charge is 2.39. The van der Waals surface area contributed by atoms with Crippen molar-refractivity contribution in [2.75, 3.05) is 24.3 Å². The summed E-state index contributed by atoms with van der Waals surface area (Å²) in [5.74, 6) is 0.956. The van der Waals surface area contributed by atoms with Crippen LogP contribution < -0.4 is 16.2 Å². The van der Waals surface area contributed by atoms with Crippen LogP contribution in [0.25, 0.3) is 16.6 Å². The van der Waals surface area contributed by atoms with E-state index in [0.717, 1.165) is 0 Å². The molecule has 0 unspecified atom stereocenters. The fraction of sp³-hybridized carbons (Fsp3) is 0.208. The largest absolute Gasteiger partial charge is 0.382 e. The summed E-state index contributed by atoms with van der Waals surface area (Å²) in [6.07, 6.45) is 1.67. The maximum absolute atomic E-state index is 13.8. The van der Waals surface area contributed by atoms with Crippen molar-refractivity contribution in [3.8, 4) is 11.8 Å². The summed E-state index contributed by atoms with van der Waals surface area (Å²) in [5, 5.41) is 10.4. The van der Waals surface area contributed by atoms with E-state index in [1.54, 1.807) is 29.9 Å². The first-order valence-electron chi connectivity index (χ1n) is 10.6. The first-order valence-corrected chi connectivity index (χ1v) is 11.0. The molecule has 0 spiro atoms. The van der Waals surface area contributed by atoms with Crippen LogP contribution in [0.15, 0.2) is 59.7 Å². The number of halogens is 1. The van der Waals surface area contributed by atoms with Crippen LogP contribution in [0.2, 0.25) is 5.02 Å². The highest BCUT2D eigenvalue weighted by molar-refractivity contribution is 6.35. The van der Waals surface area contributed by atoms with Gasteiger partial charge >= 0.3 is 0 Å². The second kappa shape index (κ2) is 8.74. The fourth-order valence-electron chi connectivity index (χ4n) is 4.42. The van der Waals surface area contributed by atoms with Gasteiger partial charge in [0.05, 0.1) is 33.8 Å². The third-order valence-corrected chi connectivity index (χ3v) is 6.34. The molecule has 1 saturated heterocycles. The minimum atomic E-state index is -0.428. The van der Waals surface area contributed by atoms with Gasteiger partial charge in [-0.05, 0) is 24.3 Å². The molecule has 3 heterocycles. The molecule has 0 radical (unpaired) electrons. The zero-order valence-corrected chi connectivity index (χ0v) is 19.0. The summed E-state index contributed by atoms with van der Waals surface area (Å²) in [6, 6.07) is 16.1. The smallest absolute Gasteiger partial charge is 0.267 e. The molecule has 10 heteroatoms. The molecule has 5 rings (SSSR count). The molecule has 1 aliphatic rings. The topological polar surface area (TPSA) is 123 Å². The van der Waals surface area contributed by atoms with Gasteiger partial charge in [-0.2, -0.15) is 5.26 Å². The zero-order chi connectivity index (χ0) is 23.8. The van der Waals surface area contributed by atoms with E-state index in [1.807, 2.05) is 35.2 Å². The summed E-state index contributed by atoms with van der Waals surface area (Å²) < 4.78 is 7.24. The van der Waals surface area contributed by atoms with Crippen molar-refractivity contribution in [2.45, 2.75) is 18.6 Å². The number of fused-ring (bicyclic) bond motifs is 1. The van der Waals surface area contributed by atoms with E-state index in [2.05, 4.69) is 16.0 Å². The number of aromatic nitrogens is 4. The Kier molecular flexibility index (Phi) is 5.61. The standard InChI is InChI=1S/C24H20ClN7O2/c1-34-15-10-19(31(12-15)22-16(11-26)21(27)28-13-29-22)23-30-18-9-5-8-17(25)20(18)24(33)32(23)14-6-3-2-4-7-14/h2-9,13,15,19H,10,12H2,1H3,(H2,27,28,29)/t15-,19-/m0/s1. The second-order valence-corrected chi connectivity index (χ2v) is 8.32. The van der Waals surface area contributed by atoms with Gasteiger partial charge < -0.3 is 15.4 Å². The Bertz CT molecular complexity index is 1480. The highest BCUT2D eigenvalue weighted by Crippen LogP contribution is 2.38. The van der Waals surface area contributed by atoms with Crippen LogP contribution in [0.5, 0.6) is 0 Å². The number of hydrogen-bond donors (Lipinski definition) is 1. The van der Waals surface area contributed by atoms with Gasteiger partial charge in [-0.1, -0.05) is 35.9 Å². The van der Waals surface area contributed by atoms with Gasteiger partial charge in [0.2, 0.25) is 0 Å². The number of nitrogen functional groups attached to an aromatic ring is 1. The average Bonchev–Trinajstić information content (AvgIpc) is 3.28. The van der Waals surface area contributed by atoms with Crippen LogP contribution in [0.3, 0.4) is 0 Å². The van der Waals surface area contributed by atoms with E-state index in [1.165, 1.54) is 6.33 Å². The normalized spacial score (nSPS) is 17.7. The number of hydrogen-bond acceptors (Lipinski definition) is 8. The Labute approximate surface area is 200 Å². The summed E-state index contributed by atoms with van der Waals surface area (Å²) in [5.41, 5.74) is 7.00. The van der Waals surface area contributed by atoms with Crippen LogP contribution in [0.1, 0.15) is 23.9 Å². The Morgan fingerprint density at radius 3 is 2.71 bits per heavy atom. The van der Waals surface area contributed by atoms with Gasteiger partial charge in [-0.15, -0.1) is 0 Å². The number of methoxy groups -OCH3 is 1. The van der Waals surface area contributed by atoms with E-state index < -0.39 is 6.04 Å². The van der Waals surface area contributed by atoms with Crippen molar-refractivity contribution in [3.63, 3.8) is 0 Å². The van der Waals surface area contributed by atoms with Crippen LogP contribution in [-0.4, -0.2) is 39.3 Å². The van der Waals surface area contributed by atoms with E-state index in [4.69, 9.17) is 27.1 Å². The Balaban J connectivity index is 1.80. The van der Waals surface area contributed by atoms with Crippen LogP contribution in [-0.2, 0) is 4.74 Å². The van der Waals surface area contributed by atoms with Crippen molar-refractivity contribution < 1.29 is 4.74 Å². The number of nitriles is 1. The van der Waals surface area contributed by atoms with Crippen LogP contribution >= 0.6 is 11.6 Å². The summed E-state index contributed by atoms with van der Waals surface area (Å²) in [6.45, 7) is 0.435. The quantitative estimate of drug-likeness (QED) is 0.479. The van der Waals surface area contributed by atoms with Gasteiger partial charge in [-0.25, -0.2) is 15.0 Å². The van der Waals surface area contributed by atoms with Gasteiger partial charge in [0.15, 0.2) is 5.82 Å². The molecule has 0 amide bonds. The molecule has 1 aliphatic heterocycles. The van der Waals surface area contributed by atoms with Crippen LogP contribution in [0.4, 0.5) is 11.6 Å².